The van der Waals surface area contributed by atoms with E-state index < -0.39 is 0 Å². The second-order valence-electron chi connectivity index (χ2n) is 11.9. The lowest BCUT2D eigenvalue weighted by atomic mass is 9.47. The highest BCUT2D eigenvalue weighted by molar-refractivity contribution is 5.92. The molecule has 5 heteroatoms. The highest BCUT2D eigenvalue weighted by Gasteiger charge is 2.61. The molecule has 0 unspecified atom stereocenters. The maximum atomic E-state index is 13.2. The van der Waals surface area contributed by atoms with E-state index in [4.69, 9.17) is 9.47 Å². The van der Waals surface area contributed by atoms with Gasteiger partial charge in [-0.25, -0.2) is 4.79 Å². The molecule has 1 heterocycles. The minimum atomic E-state index is -0.341. The summed E-state index contributed by atoms with van der Waals surface area (Å²) in [6.07, 6.45) is 12.9. The Morgan fingerprint density at radius 3 is 2.71 bits per heavy atom. The molecule has 1 N–H and O–H groups in total. The van der Waals surface area contributed by atoms with Crippen LogP contribution >= 0.6 is 0 Å². The first-order chi connectivity index (χ1) is 16.3. The number of aliphatic hydroxyl groups excluding tert-OH is 1. The van der Waals surface area contributed by atoms with Crippen molar-refractivity contribution in [1.29, 1.82) is 0 Å². The summed E-state index contributed by atoms with van der Waals surface area (Å²) in [6.45, 7) is 6.92. The van der Waals surface area contributed by atoms with Crippen LogP contribution in [0.3, 0.4) is 0 Å². The summed E-state index contributed by atoms with van der Waals surface area (Å²) in [5.41, 5.74) is 2.63. The fraction of sp³-hybridized carbons (Fsp3) is 0.724. The van der Waals surface area contributed by atoms with Crippen LogP contribution in [-0.2, 0) is 19.1 Å². The van der Waals surface area contributed by atoms with Crippen molar-refractivity contribution in [1.82, 2.24) is 0 Å². The van der Waals surface area contributed by atoms with Gasteiger partial charge in [0.2, 0.25) is 0 Å². The van der Waals surface area contributed by atoms with Gasteiger partial charge in [0.05, 0.1) is 17.6 Å². The first-order valence-corrected chi connectivity index (χ1v) is 13.2. The number of hydrogen-bond acceptors (Lipinski definition) is 5. The van der Waals surface area contributed by atoms with Crippen molar-refractivity contribution in [2.75, 3.05) is 20.3 Å². The molecule has 0 aromatic carbocycles. The van der Waals surface area contributed by atoms with Gasteiger partial charge >= 0.3 is 5.97 Å². The highest BCUT2D eigenvalue weighted by atomic mass is 16.5. The first kappa shape index (κ1) is 24.0. The van der Waals surface area contributed by atoms with Crippen molar-refractivity contribution in [3.05, 3.63) is 34.9 Å². The number of cyclic esters (lactones) is 1. The Balaban J connectivity index is 1.40. The van der Waals surface area contributed by atoms with Crippen LogP contribution in [-0.4, -0.2) is 43.3 Å². The zero-order valence-corrected chi connectivity index (χ0v) is 21.1. The topological polar surface area (TPSA) is 72.8 Å². The molecule has 5 rings (SSSR count). The zero-order chi connectivity index (χ0) is 24.3. The van der Waals surface area contributed by atoms with Gasteiger partial charge in [-0.15, -0.1) is 0 Å². The standard InChI is InChI=1S/C29H40O5/c1-17-14-25(34-27(32)21(17)16-33-4)20(15-30)23-11-10-22-19-9-8-18-6-5-7-26(31)29(18,3)24(19)12-13-28(22,23)2/h5-6,8,19-20,22-25,30H,7,9-16H2,1-4H3/t19-,20-,22-,23+,24-,25+,28-,29-/m0/s1. The minimum Gasteiger partial charge on any atom is -0.458 e. The molecule has 0 aromatic rings. The maximum absolute atomic E-state index is 13.2. The van der Waals surface area contributed by atoms with Gasteiger partial charge in [0.25, 0.3) is 0 Å². The van der Waals surface area contributed by atoms with Crippen molar-refractivity contribution >= 4 is 11.8 Å². The van der Waals surface area contributed by atoms with Crippen LogP contribution in [0, 0.1) is 40.4 Å². The summed E-state index contributed by atoms with van der Waals surface area (Å²) in [5.74, 6) is 1.81. The van der Waals surface area contributed by atoms with Crippen molar-refractivity contribution < 1.29 is 24.2 Å². The number of esters is 1. The number of fused-ring (bicyclic) bond motifs is 5. The van der Waals surface area contributed by atoms with Crippen LogP contribution in [0.5, 0.6) is 0 Å². The van der Waals surface area contributed by atoms with Gasteiger partial charge in [-0.05, 0) is 80.6 Å². The second kappa shape index (κ2) is 8.74. The second-order valence-corrected chi connectivity index (χ2v) is 11.9. The van der Waals surface area contributed by atoms with Crippen molar-refractivity contribution in [3.63, 3.8) is 0 Å². The molecule has 0 bridgehead atoms. The minimum absolute atomic E-state index is 0.0386. The fourth-order valence-electron chi connectivity index (χ4n) is 8.80. The normalized spacial score (nSPS) is 42.5. The molecule has 2 saturated carbocycles. The third kappa shape index (κ3) is 3.41. The molecule has 34 heavy (non-hydrogen) atoms. The van der Waals surface area contributed by atoms with Gasteiger partial charge < -0.3 is 14.6 Å². The Bertz CT molecular complexity index is 960. The van der Waals surface area contributed by atoms with Gasteiger partial charge in [0.15, 0.2) is 0 Å². The molecule has 5 nitrogen and oxygen atoms in total. The average Bonchev–Trinajstić information content (AvgIpc) is 3.15. The summed E-state index contributed by atoms with van der Waals surface area (Å²) in [4.78, 5) is 25.9. The molecule has 0 aromatic heterocycles. The van der Waals surface area contributed by atoms with Crippen LogP contribution in [0.15, 0.2) is 34.9 Å². The largest absolute Gasteiger partial charge is 0.458 e. The Morgan fingerprint density at radius 1 is 1.21 bits per heavy atom. The summed E-state index contributed by atoms with van der Waals surface area (Å²) in [7, 11) is 1.59. The Morgan fingerprint density at radius 2 is 2.00 bits per heavy atom. The van der Waals surface area contributed by atoms with Crippen LogP contribution < -0.4 is 0 Å². The van der Waals surface area contributed by atoms with Gasteiger partial charge in [-0.3, -0.25) is 4.79 Å². The number of ether oxygens (including phenoxy) is 2. The predicted molar refractivity (Wildman–Crippen MR) is 130 cm³/mol. The molecule has 4 aliphatic carbocycles. The van der Waals surface area contributed by atoms with Crippen LogP contribution in [0.25, 0.3) is 0 Å². The van der Waals surface area contributed by atoms with E-state index in [1.165, 1.54) is 5.57 Å². The lowest BCUT2D eigenvalue weighted by molar-refractivity contribution is -0.155. The molecule has 1 aliphatic heterocycles. The van der Waals surface area contributed by atoms with Gasteiger partial charge in [-0.2, -0.15) is 0 Å². The number of ketones is 1. The summed E-state index contributed by atoms with van der Waals surface area (Å²) < 4.78 is 11.1. The lowest BCUT2D eigenvalue weighted by Crippen LogP contribution is -2.53. The highest BCUT2D eigenvalue weighted by Crippen LogP contribution is 2.66. The van der Waals surface area contributed by atoms with E-state index in [1.807, 2.05) is 13.0 Å². The van der Waals surface area contributed by atoms with Crippen molar-refractivity contribution in [2.24, 2.45) is 40.4 Å². The number of allylic oxidation sites excluding steroid dienone is 4. The molecule has 0 amide bonds. The van der Waals surface area contributed by atoms with Crippen LogP contribution in [0.1, 0.15) is 65.7 Å². The molecule has 0 radical (unpaired) electrons. The van der Waals surface area contributed by atoms with E-state index in [9.17, 15) is 14.7 Å². The molecule has 5 aliphatic rings. The van der Waals surface area contributed by atoms with Gasteiger partial charge in [0, 0.05) is 32.5 Å². The molecule has 0 saturated heterocycles. The van der Waals surface area contributed by atoms with E-state index in [0.717, 1.165) is 37.7 Å². The number of aliphatic hydroxyl groups is 1. The Hall–Kier alpha value is -1.72. The number of rotatable bonds is 5. The van der Waals surface area contributed by atoms with E-state index in [0.29, 0.717) is 47.9 Å². The number of hydrogen-bond donors (Lipinski definition) is 1. The van der Waals surface area contributed by atoms with Crippen molar-refractivity contribution in [3.8, 4) is 0 Å². The Labute approximate surface area is 203 Å². The third-order valence-electron chi connectivity index (χ3n) is 10.7. The molecular weight excluding hydrogens is 428 g/mol. The van der Waals surface area contributed by atoms with Gasteiger partial charge in [0.1, 0.15) is 11.9 Å². The SMILES string of the molecule is COCC1=C(C)C[C@H]([C@@H](CO)[C@H]2CC[C@H]3[C@@H]4CC=C5C=CCC(=O)[C@]5(C)[C@H]4CC[C@]23C)OC1=O. The zero-order valence-electron chi connectivity index (χ0n) is 21.1. The summed E-state index contributed by atoms with van der Waals surface area (Å²) in [6, 6.07) is 0. The van der Waals surface area contributed by atoms with Gasteiger partial charge in [-0.1, -0.05) is 30.7 Å². The number of carbonyl (C=O) groups is 2. The molecule has 2 fully saturated rings. The smallest absolute Gasteiger partial charge is 0.336 e. The number of methoxy groups -OCH3 is 1. The predicted octanol–water partition coefficient (Wildman–Crippen LogP) is 4.80. The fourth-order valence-corrected chi connectivity index (χ4v) is 8.80. The van der Waals surface area contributed by atoms with E-state index in [1.54, 1.807) is 7.11 Å². The summed E-state index contributed by atoms with van der Waals surface area (Å²) >= 11 is 0. The van der Waals surface area contributed by atoms with E-state index in [-0.39, 0.29) is 42.0 Å². The quantitative estimate of drug-likeness (QED) is 0.587. The van der Waals surface area contributed by atoms with Crippen LogP contribution in [0.4, 0.5) is 0 Å². The molecule has 8 atom stereocenters. The Kier molecular flexibility index (Phi) is 6.17. The monoisotopic (exact) mass is 468 g/mol. The number of Topliss-reactive ketones (excluding diaryl/α,β-unsaturated/α-hetero) is 1. The molecule has 186 valence electrons. The van der Waals surface area contributed by atoms with E-state index >= 15 is 0 Å². The van der Waals surface area contributed by atoms with Crippen molar-refractivity contribution in [2.45, 2.75) is 71.8 Å². The molecular formula is C29H40O5. The lowest BCUT2D eigenvalue weighted by Gasteiger charge is -2.57. The summed E-state index contributed by atoms with van der Waals surface area (Å²) in [5, 5.41) is 10.6. The average molecular weight is 469 g/mol. The third-order valence-corrected chi connectivity index (χ3v) is 10.7. The maximum Gasteiger partial charge on any atom is 0.336 e. The number of carbonyl (C=O) groups excluding carboxylic acids is 2. The van der Waals surface area contributed by atoms with E-state index in [2.05, 4.69) is 26.0 Å². The molecule has 0 spiro atoms. The first-order valence-electron chi connectivity index (χ1n) is 13.2. The van der Waals surface area contributed by atoms with Crippen LogP contribution in [0.2, 0.25) is 0 Å².